The molecule has 11 heteroatoms. The summed E-state index contributed by atoms with van der Waals surface area (Å²) in [5.74, 6) is -2.34. The fourth-order valence-corrected chi connectivity index (χ4v) is 1.93. The van der Waals surface area contributed by atoms with Gasteiger partial charge in [-0.3, -0.25) is 0 Å². The van der Waals surface area contributed by atoms with Crippen molar-refractivity contribution in [1.82, 2.24) is 4.98 Å². The minimum absolute atomic E-state index is 0.218. The summed E-state index contributed by atoms with van der Waals surface area (Å²) in [7, 11) is -4.44. The molecular formula is C6H4F3IN2O4S. The molecule has 6 nitrogen and oxygen atoms in total. The average Bonchev–Trinajstić information content (AvgIpc) is 2.08. The fraction of sp³-hybridized carbons (Fsp3) is 0.167. The predicted molar refractivity (Wildman–Crippen MR) is 56.7 cm³/mol. The molecule has 0 bridgehead atoms. The van der Waals surface area contributed by atoms with Gasteiger partial charge in [-0.2, -0.15) is 0 Å². The maximum atomic E-state index is 12.0. The zero-order chi connectivity index (χ0) is 13.4. The number of sulfonamides is 1. The van der Waals surface area contributed by atoms with E-state index in [9.17, 15) is 26.7 Å². The van der Waals surface area contributed by atoms with Crippen LogP contribution < -0.4 is 9.88 Å². The number of halogens is 4. The Labute approximate surface area is 107 Å². The first-order chi connectivity index (χ1) is 7.52. The van der Waals surface area contributed by atoms with Crippen LogP contribution in [0.15, 0.2) is 11.2 Å². The van der Waals surface area contributed by atoms with E-state index in [0.717, 1.165) is 6.20 Å². The number of hydrogen-bond acceptors (Lipinski definition) is 5. The molecule has 96 valence electrons. The van der Waals surface area contributed by atoms with Crippen LogP contribution >= 0.6 is 22.6 Å². The van der Waals surface area contributed by atoms with E-state index in [2.05, 4.69) is 14.9 Å². The molecular weight excluding hydrogens is 380 g/mol. The van der Waals surface area contributed by atoms with E-state index < -0.39 is 32.9 Å². The summed E-state index contributed by atoms with van der Waals surface area (Å²) in [5, 5.41) is 12.9. The highest BCUT2D eigenvalue weighted by Crippen LogP contribution is 2.38. The summed E-state index contributed by atoms with van der Waals surface area (Å²) >= 11 is 1.39. The van der Waals surface area contributed by atoms with Crippen LogP contribution in [0.4, 0.5) is 13.2 Å². The molecule has 0 amide bonds. The molecule has 0 aliphatic rings. The molecule has 0 spiro atoms. The van der Waals surface area contributed by atoms with Crippen molar-refractivity contribution in [2.75, 3.05) is 0 Å². The lowest BCUT2D eigenvalue weighted by Crippen LogP contribution is -2.20. The third-order valence-electron chi connectivity index (χ3n) is 1.42. The number of ether oxygens (including phenoxy) is 1. The van der Waals surface area contributed by atoms with Crippen LogP contribution in [-0.4, -0.2) is 24.9 Å². The monoisotopic (exact) mass is 384 g/mol. The van der Waals surface area contributed by atoms with Crippen LogP contribution in [0.3, 0.4) is 0 Å². The molecule has 0 atom stereocenters. The summed E-state index contributed by atoms with van der Waals surface area (Å²) in [6.45, 7) is 0. The van der Waals surface area contributed by atoms with Crippen LogP contribution in [0.5, 0.6) is 11.5 Å². The zero-order valence-electron chi connectivity index (χ0n) is 7.69. The van der Waals surface area contributed by atoms with Crippen LogP contribution in [0.2, 0.25) is 0 Å². The fourth-order valence-electron chi connectivity index (χ4n) is 0.866. The first-order valence-corrected chi connectivity index (χ1v) is 6.31. The van der Waals surface area contributed by atoms with E-state index in [1.807, 2.05) is 0 Å². The Hall–Kier alpha value is -0.820. The smallest absolute Gasteiger partial charge is 0.502 e. The summed E-state index contributed by atoms with van der Waals surface area (Å²) in [6.07, 6.45) is -4.30. The Morgan fingerprint density at radius 2 is 2.00 bits per heavy atom. The highest BCUT2D eigenvalue weighted by Gasteiger charge is 2.35. The molecule has 0 unspecified atom stereocenters. The minimum Gasteiger partial charge on any atom is -0.502 e. The summed E-state index contributed by atoms with van der Waals surface area (Å²) in [6, 6.07) is 0. The molecule has 0 fully saturated rings. The molecule has 1 aromatic heterocycles. The van der Waals surface area contributed by atoms with Crippen molar-refractivity contribution < 1.29 is 31.4 Å². The number of aromatic nitrogens is 1. The van der Waals surface area contributed by atoms with Crippen molar-refractivity contribution in [2.24, 2.45) is 5.14 Å². The van der Waals surface area contributed by atoms with Gasteiger partial charge in [0, 0.05) is 6.20 Å². The van der Waals surface area contributed by atoms with E-state index >= 15 is 0 Å². The SMILES string of the molecule is NS(=O)(=O)c1ncc(I)c(OC(F)(F)F)c1O. The van der Waals surface area contributed by atoms with Crippen LogP contribution in [0.25, 0.3) is 0 Å². The number of alkyl halides is 3. The Morgan fingerprint density at radius 1 is 1.47 bits per heavy atom. The molecule has 0 saturated carbocycles. The van der Waals surface area contributed by atoms with E-state index in [1.165, 1.54) is 22.6 Å². The van der Waals surface area contributed by atoms with Crippen molar-refractivity contribution in [3.05, 3.63) is 9.77 Å². The van der Waals surface area contributed by atoms with E-state index in [1.54, 1.807) is 0 Å². The summed E-state index contributed by atoms with van der Waals surface area (Å²) in [4.78, 5) is 3.22. The first kappa shape index (κ1) is 14.2. The van der Waals surface area contributed by atoms with Gasteiger partial charge in [0.1, 0.15) is 0 Å². The second kappa shape index (κ2) is 4.45. The molecule has 1 rings (SSSR count). The second-order valence-electron chi connectivity index (χ2n) is 2.68. The normalized spacial score (nSPS) is 12.5. The second-order valence-corrected chi connectivity index (χ2v) is 5.32. The van der Waals surface area contributed by atoms with Crippen LogP contribution in [0, 0.1) is 3.57 Å². The molecule has 0 aliphatic heterocycles. The number of rotatable bonds is 2. The lowest BCUT2D eigenvalue weighted by atomic mass is 10.4. The molecule has 1 aromatic rings. The minimum atomic E-state index is -5.08. The molecule has 0 aliphatic carbocycles. The maximum Gasteiger partial charge on any atom is 0.573 e. The quantitative estimate of drug-likeness (QED) is 0.739. The average molecular weight is 384 g/mol. The Kier molecular flexibility index (Phi) is 3.73. The number of primary sulfonamides is 1. The summed E-state index contributed by atoms with van der Waals surface area (Å²) in [5.41, 5.74) is 0. The van der Waals surface area contributed by atoms with E-state index in [-0.39, 0.29) is 3.57 Å². The van der Waals surface area contributed by atoms with Crippen molar-refractivity contribution in [1.29, 1.82) is 0 Å². The van der Waals surface area contributed by atoms with Gasteiger partial charge in [-0.05, 0) is 22.6 Å². The summed E-state index contributed by atoms with van der Waals surface area (Å²) < 4.78 is 61.0. The zero-order valence-corrected chi connectivity index (χ0v) is 10.7. The van der Waals surface area contributed by atoms with Crippen molar-refractivity contribution in [3.8, 4) is 11.5 Å². The number of pyridine rings is 1. The number of aromatic hydroxyl groups is 1. The van der Waals surface area contributed by atoms with Gasteiger partial charge in [0.05, 0.1) is 3.57 Å². The van der Waals surface area contributed by atoms with Gasteiger partial charge in [0.15, 0.2) is 11.5 Å². The lowest BCUT2D eigenvalue weighted by molar-refractivity contribution is -0.275. The van der Waals surface area contributed by atoms with Crippen molar-refractivity contribution in [3.63, 3.8) is 0 Å². The standard InChI is InChI=1S/C6H4F3IN2O4S/c7-6(8,9)16-4-2(10)1-12-5(3(4)13)17(11,14)15/h1,13H,(H2,11,14,15). The number of nitrogens with two attached hydrogens (primary N) is 1. The van der Waals surface area contributed by atoms with Gasteiger partial charge in [-0.25, -0.2) is 18.5 Å². The first-order valence-electron chi connectivity index (χ1n) is 3.68. The van der Waals surface area contributed by atoms with E-state index in [4.69, 9.17) is 0 Å². The molecule has 1 heterocycles. The van der Waals surface area contributed by atoms with Gasteiger partial charge in [-0.1, -0.05) is 0 Å². The number of nitrogens with zero attached hydrogens (tertiary/aromatic N) is 1. The highest BCUT2D eigenvalue weighted by molar-refractivity contribution is 14.1. The third-order valence-corrected chi connectivity index (χ3v) is 3.02. The van der Waals surface area contributed by atoms with Gasteiger partial charge < -0.3 is 9.84 Å². The van der Waals surface area contributed by atoms with Gasteiger partial charge in [-0.15, -0.1) is 13.2 Å². The molecule has 0 saturated heterocycles. The van der Waals surface area contributed by atoms with Crippen molar-refractivity contribution >= 4 is 32.6 Å². The van der Waals surface area contributed by atoms with E-state index in [0.29, 0.717) is 0 Å². The highest BCUT2D eigenvalue weighted by atomic mass is 127. The Bertz CT molecular complexity index is 545. The third kappa shape index (κ3) is 3.57. The topological polar surface area (TPSA) is 103 Å². The van der Waals surface area contributed by atoms with Gasteiger partial charge in [0.25, 0.3) is 10.0 Å². The van der Waals surface area contributed by atoms with Crippen LogP contribution in [-0.2, 0) is 10.0 Å². The Morgan fingerprint density at radius 3 is 2.41 bits per heavy atom. The maximum absolute atomic E-state index is 12.0. The van der Waals surface area contributed by atoms with Gasteiger partial charge >= 0.3 is 6.36 Å². The Balaban J connectivity index is 3.41. The number of hydrogen-bond donors (Lipinski definition) is 2. The molecule has 0 aromatic carbocycles. The molecule has 17 heavy (non-hydrogen) atoms. The van der Waals surface area contributed by atoms with Gasteiger partial charge in [0.2, 0.25) is 5.03 Å². The van der Waals surface area contributed by atoms with Crippen LogP contribution in [0.1, 0.15) is 0 Å². The lowest BCUT2D eigenvalue weighted by Gasteiger charge is -2.12. The predicted octanol–water partition coefficient (Wildman–Crippen LogP) is 0.938. The largest absolute Gasteiger partial charge is 0.573 e. The molecule has 3 N–H and O–H groups in total. The van der Waals surface area contributed by atoms with Crippen molar-refractivity contribution in [2.45, 2.75) is 11.4 Å². The molecule has 0 radical (unpaired) electrons.